The third-order valence-corrected chi connectivity index (χ3v) is 13.9. The lowest BCUT2D eigenvalue weighted by Gasteiger charge is -2.17. The Hall–Kier alpha value is -10.0. The number of thiophene rings is 1. The summed E-state index contributed by atoms with van der Waals surface area (Å²) in [7, 11) is 0. The average Bonchev–Trinajstić information content (AvgIpc) is 3.98. The zero-order valence-corrected chi connectivity index (χ0v) is 37.8. The van der Waals surface area contributed by atoms with Crippen molar-refractivity contribution < 1.29 is 0 Å². The lowest BCUT2D eigenvalue weighted by Crippen LogP contribution is -2.04. The monoisotopic (exact) mass is 908 g/mol. The number of rotatable bonds is 7. The summed E-state index contributed by atoms with van der Waals surface area (Å²) in [5, 5.41) is 24.4. The highest BCUT2D eigenvalue weighted by Gasteiger charge is 2.23. The van der Waals surface area contributed by atoms with E-state index in [1.54, 1.807) is 35.6 Å². The summed E-state index contributed by atoms with van der Waals surface area (Å²) < 4.78 is 4.63. The Bertz CT molecular complexity index is 4100. The van der Waals surface area contributed by atoms with E-state index in [9.17, 15) is 10.5 Å². The molecule has 0 amide bonds. The van der Waals surface area contributed by atoms with E-state index in [-0.39, 0.29) is 0 Å². The molecular weight excluding hydrogens is 877 g/mol. The van der Waals surface area contributed by atoms with E-state index in [0.29, 0.717) is 51.1 Å². The van der Waals surface area contributed by atoms with Crippen LogP contribution in [0.25, 0.3) is 125 Å². The summed E-state index contributed by atoms with van der Waals surface area (Å²) in [6.45, 7) is 15.7. The largest absolute Gasteiger partial charge is 0.308 e. The normalized spacial score (nSPS) is 11.1. The van der Waals surface area contributed by atoms with E-state index < -0.39 is 0 Å². The molecule has 3 heterocycles. The highest BCUT2D eigenvalue weighted by atomic mass is 32.1. The molecule has 0 spiro atoms. The zero-order valence-electron chi connectivity index (χ0n) is 37.0. The van der Waals surface area contributed by atoms with E-state index in [4.69, 9.17) is 28.1 Å². The Kier molecular flexibility index (Phi) is 10.1. The van der Waals surface area contributed by atoms with Crippen molar-refractivity contribution in [1.82, 2.24) is 19.5 Å². The first-order chi connectivity index (χ1) is 34.5. The second kappa shape index (κ2) is 17.0. The van der Waals surface area contributed by atoms with Gasteiger partial charge in [-0.25, -0.2) is 24.6 Å². The molecule has 0 radical (unpaired) electrons. The van der Waals surface area contributed by atoms with Gasteiger partial charge in [0, 0.05) is 58.8 Å². The van der Waals surface area contributed by atoms with Crippen LogP contribution in [-0.4, -0.2) is 19.5 Å². The molecule has 0 fully saturated rings. The first-order valence-corrected chi connectivity index (χ1v) is 23.2. The molecular formula is C61H32N8S. The summed E-state index contributed by atoms with van der Waals surface area (Å²) in [4.78, 5) is 23.2. The smallest absolute Gasteiger partial charge is 0.196 e. The van der Waals surface area contributed by atoms with Gasteiger partial charge >= 0.3 is 0 Å². The Balaban J connectivity index is 1.20. The van der Waals surface area contributed by atoms with Gasteiger partial charge in [0.1, 0.15) is 0 Å². The maximum Gasteiger partial charge on any atom is 0.196 e. The van der Waals surface area contributed by atoms with Crippen LogP contribution in [0, 0.1) is 35.8 Å². The molecule has 0 atom stereocenters. The SMILES string of the molecule is [C-]#[N+]c1ccc(-c2ccc3c4ccc(-c5ccc(C#N)cc5[N+]#[C-])cc4n(-c4ccc(-c5cccc6sc7ccccc7c56)cc4-c4nc(-c5ccccc5)nc(-c5ccccc5)n4)c3c2)c(C#N)c1. The molecule has 9 aromatic carbocycles. The van der Waals surface area contributed by atoms with Crippen molar-refractivity contribution in [2.75, 3.05) is 0 Å². The van der Waals surface area contributed by atoms with Crippen LogP contribution in [0.2, 0.25) is 0 Å². The number of fused-ring (bicyclic) bond motifs is 6. The topological polar surface area (TPSA) is 99.9 Å². The summed E-state index contributed by atoms with van der Waals surface area (Å²) in [5.74, 6) is 1.52. The van der Waals surface area contributed by atoms with Crippen molar-refractivity contribution in [1.29, 1.82) is 10.5 Å². The van der Waals surface area contributed by atoms with Gasteiger partial charge in [-0.2, -0.15) is 10.5 Å². The van der Waals surface area contributed by atoms with E-state index in [0.717, 1.165) is 66.4 Å². The molecule has 0 saturated carbocycles. The Morgan fingerprint density at radius 2 is 1.06 bits per heavy atom. The van der Waals surface area contributed by atoms with Gasteiger partial charge in [0.15, 0.2) is 28.8 Å². The number of aromatic nitrogens is 4. The van der Waals surface area contributed by atoms with Crippen LogP contribution in [-0.2, 0) is 0 Å². The molecule has 12 aromatic rings. The summed E-state index contributed by atoms with van der Waals surface area (Å²) >= 11 is 1.78. The molecule has 0 aliphatic heterocycles. The predicted octanol–water partition coefficient (Wildman–Crippen LogP) is 16.2. The van der Waals surface area contributed by atoms with E-state index in [1.165, 1.54) is 20.2 Å². The van der Waals surface area contributed by atoms with Crippen molar-refractivity contribution in [3.8, 4) is 85.4 Å². The predicted molar refractivity (Wildman–Crippen MR) is 282 cm³/mol. The highest BCUT2D eigenvalue weighted by molar-refractivity contribution is 7.25. The van der Waals surface area contributed by atoms with Gasteiger partial charge in [-0.15, -0.1) is 11.3 Å². The fourth-order valence-corrected chi connectivity index (χ4v) is 10.7. The van der Waals surface area contributed by atoms with Gasteiger partial charge in [-0.05, 0) is 88.0 Å². The Morgan fingerprint density at radius 3 is 1.73 bits per heavy atom. The van der Waals surface area contributed by atoms with Crippen LogP contribution in [0.15, 0.2) is 194 Å². The van der Waals surface area contributed by atoms with Gasteiger partial charge in [-0.3, -0.25) is 0 Å². The molecule has 0 saturated heterocycles. The maximum atomic E-state index is 10.4. The van der Waals surface area contributed by atoms with Crippen LogP contribution < -0.4 is 0 Å². The van der Waals surface area contributed by atoms with Crippen LogP contribution in [0.3, 0.4) is 0 Å². The van der Waals surface area contributed by atoms with Crippen molar-refractivity contribution in [2.45, 2.75) is 0 Å². The average molecular weight is 909 g/mol. The summed E-state index contributed by atoms with van der Waals surface area (Å²) in [6.07, 6.45) is 0. The van der Waals surface area contributed by atoms with Crippen molar-refractivity contribution in [2.24, 2.45) is 0 Å². The van der Waals surface area contributed by atoms with Crippen LogP contribution in [0.5, 0.6) is 0 Å². The number of hydrogen-bond donors (Lipinski definition) is 0. The molecule has 3 aromatic heterocycles. The van der Waals surface area contributed by atoms with Gasteiger partial charge < -0.3 is 4.57 Å². The number of hydrogen-bond acceptors (Lipinski definition) is 6. The van der Waals surface area contributed by atoms with E-state index in [2.05, 4.69) is 111 Å². The summed E-state index contributed by atoms with van der Waals surface area (Å²) in [6, 6.07) is 68.7. The zero-order chi connectivity index (χ0) is 47.3. The number of nitrogens with zero attached hydrogens (tertiary/aromatic N) is 8. The van der Waals surface area contributed by atoms with Crippen LogP contribution in [0.1, 0.15) is 11.1 Å². The first-order valence-electron chi connectivity index (χ1n) is 22.3. The molecule has 12 rings (SSSR count). The molecule has 0 aliphatic carbocycles. The van der Waals surface area contributed by atoms with Crippen LogP contribution in [0.4, 0.5) is 11.4 Å². The number of benzene rings is 9. The highest BCUT2D eigenvalue weighted by Crippen LogP contribution is 2.45. The Labute approximate surface area is 406 Å². The molecule has 70 heavy (non-hydrogen) atoms. The van der Waals surface area contributed by atoms with Gasteiger partial charge in [0.05, 0.1) is 42.0 Å². The first kappa shape index (κ1) is 41.4. The molecule has 8 nitrogen and oxygen atoms in total. The van der Waals surface area contributed by atoms with Gasteiger partial charge in [-0.1, -0.05) is 140 Å². The Morgan fingerprint density at radius 1 is 0.443 bits per heavy atom. The van der Waals surface area contributed by atoms with E-state index in [1.807, 2.05) is 84.9 Å². The lowest BCUT2D eigenvalue weighted by molar-refractivity contribution is 1.06. The van der Waals surface area contributed by atoms with Crippen molar-refractivity contribution in [3.63, 3.8) is 0 Å². The quantitative estimate of drug-likeness (QED) is 0.148. The van der Waals surface area contributed by atoms with Crippen molar-refractivity contribution in [3.05, 3.63) is 228 Å². The summed E-state index contributed by atoms with van der Waals surface area (Å²) in [5.41, 5.74) is 11.6. The van der Waals surface area contributed by atoms with Crippen LogP contribution >= 0.6 is 11.3 Å². The molecule has 0 unspecified atom stereocenters. The lowest BCUT2D eigenvalue weighted by atomic mass is 9.96. The maximum absolute atomic E-state index is 10.4. The fraction of sp³-hybridized carbons (Fsp3) is 0. The third kappa shape index (κ3) is 7.00. The minimum absolute atomic E-state index is 0.377. The molecule has 322 valence electrons. The minimum atomic E-state index is 0.377. The standard InChI is InChI=1S/C61H32N8S/c1-64-44-24-28-45(43(31-44)36-63)41-21-26-48-49-27-22-42(46-25-20-37(35-62)30-52(46)65-2)34-55(49)69(54(48)33-41)53-29-23-40(47-17-11-19-57-58(47)50-16-9-10-18-56(50)70-57)32-51(53)61-67-59(38-12-5-3-6-13-38)66-60(68-61)39-14-7-4-8-15-39/h3-34H. The fourth-order valence-electron chi connectivity index (χ4n) is 9.52. The third-order valence-electron chi connectivity index (χ3n) is 12.8. The molecule has 0 bridgehead atoms. The van der Waals surface area contributed by atoms with Crippen molar-refractivity contribution >= 4 is 64.7 Å². The molecule has 9 heteroatoms. The van der Waals surface area contributed by atoms with Gasteiger partial charge in [0.25, 0.3) is 0 Å². The minimum Gasteiger partial charge on any atom is -0.308 e. The number of nitriles is 2. The second-order valence-electron chi connectivity index (χ2n) is 16.8. The van der Waals surface area contributed by atoms with Gasteiger partial charge in [0.2, 0.25) is 0 Å². The van der Waals surface area contributed by atoms with E-state index >= 15 is 0 Å². The molecule has 0 aliphatic rings. The second-order valence-corrected chi connectivity index (χ2v) is 17.8. The molecule has 0 N–H and O–H groups in total.